The van der Waals surface area contributed by atoms with Gasteiger partial charge in [-0.1, -0.05) is 33.1 Å². The molecule has 1 amide bonds. The second kappa shape index (κ2) is 14.1. The van der Waals surface area contributed by atoms with Crippen LogP contribution in [-0.4, -0.2) is 44.2 Å². The van der Waals surface area contributed by atoms with Gasteiger partial charge in [-0.05, 0) is 45.4 Å². The molecule has 2 aliphatic carbocycles. The molecular weight excluding hydrogens is 342 g/mol. The van der Waals surface area contributed by atoms with Crippen molar-refractivity contribution in [1.29, 1.82) is 0 Å². The van der Waals surface area contributed by atoms with E-state index in [1.54, 1.807) is 0 Å². The molecule has 5 nitrogen and oxygen atoms in total. The minimum Gasteiger partial charge on any atom is -0.382 e. The largest absolute Gasteiger partial charge is 0.382 e. The molecule has 0 aliphatic heterocycles. The first-order valence-electron chi connectivity index (χ1n) is 11.0. The van der Waals surface area contributed by atoms with E-state index < -0.39 is 0 Å². The van der Waals surface area contributed by atoms with E-state index in [0.29, 0.717) is 24.7 Å². The Labute approximate surface area is 167 Å². The van der Waals surface area contributed by atoms with Crippen LogP contribution in [0.3, 0.4) is 0 Å². The van der Waals surface area contributed by atoms with Crippen LogP contribution in [0.25, 0.3) is 0 Å². The molecule has 0 aromatic heterocycles. The Bertz CT molecular complexity index is 417. The number of nitrogens with one attached hydrogen (secondary N) is 1. The smallest absolute Gasteiger partial charge is 0.222 e. The third kappa shape index (κ3) is 10.2. The Morgan fingerprint density at radius 1 is 1.04 bits per heavy atom. The van der Waals surface area contributed by atoms with Gasteiger partial charge in [0.25, 0.3) is 0 Å². The fourth-order valence-electron chi connectivity index (χ4n) is 3.71. The normalized spacial score (nSPS) is 22.6. The lowest BCUT2D eigenvalue weighted by Crippen LogP contribution is -2.47. The molecule has 0 aromatic rings. The zero-order chi connectivity index (χ0) is 20.1. The maximum Gasteiger partial charge on any atom is 0.222 e. The molecule has 160 valence electrons. The van der Waals surface area contributed by atoms with Gasteiger partial charge >= 0.3 is 0 Å². The number of carbonyl (C=O) groups excluding carboxylic acids is 2. The highest BCUT2D eigenvalue weighted by molar-refractivity contribution is 5.84. The summed E-state index contributed by atoms with van der Waals surface area (Å²) in [5, 5.41) is 3.01. The van der Waals surface area contributed by atoms with Crippen molar-refractivity contribution in [3.05, 3.63) is 0 Å². The van der Waals surface area contributed by atoms with E-state index in [-0.39, 0.29) is 25.2 Å². The summed E-state index contributed by atoms with van der Waals surface area (Å²) in [6.45, 7) is 10.9. The van der Waals surface area contributed by atoms with Crippen LogP contribution in [0.15, 0.2) is 0 Å². The average molecular weight is 386 g/mol. The predicted molar refractivity (Wildman–Crippen MR) is 111 cm³/mol. The summed E-state index contributed by atoms with van der Waals surface area (Å²) in [6.07, 6.45) is 8.63. The average Bonchev–Trinajstić information content (AvgIpc) is 2.63. The lowest BCUT2D eigenvalue weighted by molar-refractivity contribution is -0.131. The molecule has 0 aromatic carbocycles. The van der Waals surface area contributed by atoms with Crippen molar-refractivity contribution < 1.29 is 20.5 Å². The predicted octanol–water partition coefficient (Wildman–Crippen LogP) is 4.38. The summed E-state index contributed by atoms with van der Waals surface area (Å²) >= 11 is 0. The van der Waals surface area contributed by atoms with Gasteiger partial charge < -0.3 is 14.8 Å². The summed E-state index contributed by atoms with van der Waals surface area (Å²) < 4.78 is 10.5. The molecule has 0 spiro atoms. The Morgan fingerprint density at radius 2 is 1.67 bits per heavy atom. The zero-order valence-electron chi connectivity index (χ0n) is 17.9. The SMILES string of the molecule is CC(C)C(=O)C1CC(NC(=O)CCOCC2CCCCC2)C1.CCOCC.[HH]. The Kier molecular flexibility index (Phi) is 12.6. The van der Waals surface area contributed by atoms with Gasteiger partial charge in [0.2, 0.25) is 5.91 Å². The Morgan fingerprint density at radius 3 is 2.19 bits per heavy atom. The van der Waals surface area contributed by atoms with Crippen LogP contribution in [0.2, 0.25) is 0 Å². The summed E-state index contributed by atoms with van der Waals surface area (Å²) in [5.74, 6) is 1.36. The van der Waals surface area contributed by atoms with E-state index in [4.69, 9.17) is 9.47 Å². The van der Waals surface area contributed by atoms with Crippen LogP contribution in [0.5, 0.6) is 0 Å². The van der Waals surface area contributed by atoms with E-state index in [0.717, 1.165) is 32.7 Å². The van der Waals surface area contributed by atoms with E-state index in [1.807, 2.05) is 27.7 Å². The molecular formula is C22H43NO4. The third-order valence-corrected chi connectivity index (χ3v) is 5.43. The maximum absolute atomic E-state index is 11.8. The molecule has 2 rings (SSSR count). The minimum atomic E-state index is 0. The van der Waals surface area contributed by atoms with Crippen LogP contribution >= 0.6 is 0 Å². The molecule has 1 N–H and O–H groups in total. The number of hydrogen-bond donors (Lipinski definition) is 1. The lowest BCUT2D eigenvalue weighted by Gasteiger charge is -2.35. The third-order valence-electron chi connectivity index (χ3n) is 5.43. The van der Waals surface area contributed by atoms with Crippen LogP contribution in [0, 0.1) is 17.8 Å². The fraction of sp³-hybridized carbons (Fsp3) is 0.909. The van der Waals surface area contributed by atoms with Crippen molar-refractivity contribution in [2.24, 2.45) is 17.8 Å². The van der Waals surface area contributed by atoms with Crippen molar-refractivity contribution in [2.45, 2.75) is 85.1 Å². The van der Waals surface area contributed by atoms with E-state index in [9.17, 15) is 9.59 Å². The summed E-state index contributed by atoms with van der Waals surface area (Å²) in [5.41, 5.74) is 0. The fourth-order valence-corrected chi connectivity index (χ4v) is 3.71. The molecule has 2 aliphatic rings. The van der Waals surface area contributed by atoms with Crippen LogP contribution in [0.1, 0.15) is 80.5 Å². The number of Topliss-reactive ketones (excluding diaryl/α,β-unsaturated/α-hetero) is 1. The Hall–Kier alpha value is -0.940. The summed E-state index contributed by atoms with van der Waals surface area (Å²) in [4.78, 5) is 23.6. The second-order valence-corrected chi connectivity index (χ2v) is 8.10. The van der Waals surface area contributed by atoms with Gasteiger partial charge in [-0.25, -0.2) is 0 Å². The molecule has 0 unspecified atom stereocenters. The molecule has 2 saturated carbocycles. The van der Waals surface area contributed by atoms with Gasteiger partial charge in [-0.15, -0.1) is 0 Å². The Balaban J connectivity index is 0.00000108. The number of amides is 1. The molecule has 5 heteroatoms. The topological polar surface area (TPSA) is 64.6 Å². The van der Waals surface area contributed by atoms with Crippen molar-refractivity contribution in [1.82, 2.24) is 5.32 Å². The first-order valence-corrected chi connectivity index (χ1v) is 11.0. The zero-order valence-corrected chi connectivity index (χ0v) is 17.9. The van der Waals surface area contributed by atoms with E-state index >= 15 is 0 Å². The molecule has 0 heterocycles. The highest BCUT2D eigenvalue weighted by Crippen LogP contribution is 2.30. The number of hydrogen-bond acceptors (Lipinski definition) is 4. The molecule has 27 heavy (non-hydrogen) atoms. The van der Waals surface area contributed by atoms with Crippen molar-refractivity contribution in [3.8, 4) is 0 Å². The van der Waals surface area contributed by atoms with Crippen LogP contribution < -0.4 is 5.32 Å². The van der Waals surface area contributed by atoms with E-state index in [1.165, 1.54) is 32.1 Å². The number of carbonyl (C=O) groups is 2. The quantitative estimate of drug-likeness (QED) is 0.567. The molecule has 2 fully saturated rings. The standard InChI is InChI=1S/C18H31NO3.C4H10O.H2/c1-13(2)18(21)15-10-16(11-15)19-17(20)8-9-22-12-14-6-4-3-5-7-14;1-3-5-4-2;/h13-16H,3-12H2,1-2H3,(H,19,20);3-4H2,1-2H3;1H. The van der Waals surface area contributed by atoms with Crippen molar-refractivity contribution in [3.63, 3.8) is 0 Å². The van der Waals surface area contributed by atoms with Crippen LogP contribution in [0.4, 0.5) is 0 Å². The lowest BCUT2D eigenvalue weighted by atomic mass is 9.75. The first-order chi connectivity index (χ1) is 13.0. The molecule has 0 radical (unpaired) electrons. The van der Waals surface area contributed by atoms with Gasteiger partial charge in [0.05, 0.1) is 6.61 Å². The van der Waals surface area contributed by atoms with Gasteiger partial charge in [-0.2, -0.15) is 0 Å². The summed E-state index contributed by atoms with van der Waals surface area (Å²) in [6, 6.07) is 0.193. The second-order valence-electron chi connectivity index (χ2n) is 8.10. The monoisotopic (exact) mass is 385 g/mol. The minimum absolute atomic E-state index is 0. The molecule has 0 saturated heterocycles. The van der Waals surface area contributed by atoms with Crippen molar-refractivity contribution in [2.75, 3.05) is 26.4 Å². The molecule has 0 atom stereocenters. The van der Waals surface area contributed by atoms with Gasteiger partial charge in [0.1, 0.15) is 5.78 Å². The van der Waals surface area contributed by atoms with Gasteiger partial charge in [0.15, 0.2) is 0 Å². The first kappa shape index (κ1) is 24.1. The molecule has 0 bridgehead atoms. The highest BCUT2D eigenvalue weighted by Gasteiger charge is 2.35. The van der Waals surface area contributed by atoms with Gasteiger partial charge in [-0.3, -0.25) is 9.59 Å². The highest BCUT2D eigenvalue weighted by atomic mass is 16.5. The number of ketones is 1. The maximum atomic E-state index is 11.8. The summed E-state index contributed by atoms with van der Waals surface area (Å²) in [7, 11) is 0. The van der Waals surface area contributed by atoms with Gasteiger partial charge in [0, 0.05) is 45.5 Å². The number of rotatable bonds is 10. The van der Waals surface area contributed by atoms with Crippen molar-refractivity contribution >= 4 is 11.7 Å². The van der Waals surface area contributed by atoms with Crippen LogP contribution in [-0.2, 0) is 19.1 Å². The van der Waals surface area contributed by atoms with E-state index in [2.05, 4.69) is 5.32 Å². The number of ether oxygens (including phenoxy) is 2.